The summed E-state index contributed by atoms with van der Waals surface area (Å²) in [7, 11) is -3.65. The molecule has 0 radical (unpaired) electrons. The maximum Gasteiger partial charge on any atom is 0.318 e. The molecule has 2 amide bonds. The van der Waals surface area contributed by atoms with Crippen LogP contribution in [0.2, 0.25) is 0 Å². The van der Waals surface area contributed by atoms with E-state index in [9.17, 15) is 13.2 Å². The molecular weight excluding hydrogens is 352 g/mol. The number of urea groups is 1. The van der Waals surface area contributed by atoms with Gasteiger partial charge in [-0.15, -0.1) is 0 Å². The zero-order chi connectivity index (χ0) is 20.1. The van der Waals surface area contributed by atoms with Crippen molar-refractivity contribution in [2.24, 2.45) is 0 Å². The van der Waals surface area contributed by atoms with Crippen molar-refractivity contribution in [2.75, 3.05) is 0 Å². The first kappa shape index (κ1) is 22.3. The van der Waals surface area contributed by atoms with Gasteiger partial charge in [0.15, 0.2) is 0 Å². The van der Waals surface area contributed by atoms with Crippen LogP contribution in [0.25, 0.3) is 0 Å². The summed E-state index contributed by atoms with van der Waals surface area (Å²) in [5.74, 6) is 0.261. The van der Waals surface area contributed by atoms with E-state index in [1.807, 2.05) is 40.7 Å². The lowest BCUT2D eigenvalue weighted by molar-refractivity contribution is 0.165. The van der Waals surface area contributed by atoms with Crippen molar-refractivity contribution in [1.29, 1.82) is 0 Å². The molecule has 1 rings (SSSR count). The first-order chi connectivity index (χ1) is 11.9. The standard InChI is InChI=1S/C19H32N2O4S/c1-8-15(4)21(18(22)20-19(5,6)7)13-16-10-9-11-17(12-16)25-26(23,24)14(2)3/h9-12,14-15H,8,13H2,1-7H3,(H,20,22). The molecule has 1 aromatic rings. The molecule has 6 nitrogen and oxygen atoms in total. The fraction of sp³-hybridized carbons (Fsp3) is 0.632. The van der Waals surface area contributed by atoms with Crippen molar-refractivity contribution in [3.8, 4) is 5.75 Å². The number of nitrogens with zero attached hydrogens (tertiary/aromatic N) is 1. The predicted octanol–water partition coefficient (Wildman–Crippen LogP) is 3.91. The number of benzene rings is 1. The van der Waals surface area contributed by atoms with E-state index in [-0.39, 0.29) is 23.4 Å². The van der Waals surface area contributed by atoms with Crippen molar-refractivity contribution >= 4 is 16.1 Å². The highest BCUT2D eigenvalue weighted by Crippen LogP contribution is 2.20. The quantitative estimate of drug-likeness (QED) is 0.723. The third kappa shape index (κ3) is 6.86. The lowest BCUT2D eigenvalue weighted by atomic mass is 10.1. The summed E-state index contributed by atoms with van der Waals surface area (Å²) < 4.78 is 29.1. The number of nitrogens with one attached hydrogen (secondary N) is 1. The first-order valence-corrected chi connectivity index (χ1v) is 10.4. The Kier molecular flexibility index (Phi) is 7.50. The van der Waals surface area contributed by atoms with E-state index < -0.39 is 15.4 Å². The molecule has 1 aromatic carbocycles. The maximum atomic E-state index is 12.7. The summed E-state index contributed by atoms with van der Waals surface area (Å²) in [5.41, 5.74) is 0.477. The summed E-state index contributed by atoms with van der Waals surface area (Å²) in [4.78, 5) is 14.4. The molecule has 1 N–H and O–H groups in total. The summed E-state index contributed by atoms with van der Waals surface area (Å²) >= 11 is 0. The van der Waals surface area contributed by atoms with Gasteiger partial charge in [-0.25, -0.2) is 4.79 Å². The molecule has 26 heavy (non-hydrogen) atoms. The number of hydrogen-bond donors (Lipinski definition) is 1. The van der Waals surface area contributed by atoms with Gasteiger partial charge in [-0.2, -0.15) is 8.42 Å². The molecule has 0 bridgehead atoms. The number of hydrogen-bond acceptors (Lipinski definition) is 4. The average Bonchev–Trinajstić information content (AvgIpc) is 2.50. The molecular formula is C19H32N2O4S. The molecule has 0 saturated carbocycles. The molecule has 0 aliphatic carbocycles. The van der Waals surface area contributed by atoms with Crippen LogP contribution in [0, 0.1) is 0 Å². The lowest BCUT2D eigenvalue weighted by Crippen LogP contribution is -2.50. The number of carbonyl (C=O) groups excluding carboxylic acids is 1. The Bertz CT molecular complexity index is 708. The normalized spacial score (nSPS) is 13.4. The second-order valence-corrected chi connectivity index (χ2v) is 9.93. The SMILES string of the molecule is CCC(C)N(Cc1cccc(OS(=O)(=O)C(C)C)c1)C(=O)NC(C)(C)C. The van der Waals surface area contributed by atoms with Gasteiger partial charge < -0.3 is 14.4 Å². The Hall–Kier alpha value is -1.76. The van der Waals surface area contributed by atoms with E-state index in [4.69, 9.17) is 4.18 Å². The van der Waals surface area contributed by atoms with Crippen LogP contribution >= 0.6 is 0 Å². The highest BCUT2D eigenvalue weighted by molar-refractivity contribution is 7.87. The fourth-order valence-electron chi connectivity index (χ4n) is 2.16. The zero-order valence-electron chi connectivity index (χ0n) is 16.9. The van der Waals surface area contributed by atoms with Crippen LogP contribution in [-0.2, 0) is 16.7 Å². The van der Waals surface area contributed by atoms with E-state index in [0.29, 0.717) is 6.54 Å². The maximum absolute atomic E-state index is 12.7. The van der Waals surface area contributed by atoms with Crippen molar-refractivity contribution in [3.63, 3.8) is 0 Å². The van der Waals surface area contributed by atoms with E-state index in [2.05, 4.69) is 5.32 Å². The smallest absolute Gasteiger partial charge is 0.318 e. The predicted molar refractivity (Wildman–Crippen MR) is 105 cm³/mol. The van der Waals surface area contributed by atoms with E-state index in [0.717, 1.165) is 12.0 Å². The number of carbonyl (C=O) groups is 1. The first-order valence-electron chi connectivity index (χ1n) is 8.96. The van der Waals surface area contributed by atoms with Crippen molar-refractivity contribution in [2.45, 2.75) is 78.3 Å². The Morgan fingerprint density at radius 3 is 2.35 bits per heavy atom. The average molecular weight is 385 g/mol. The second kappa shape index (κ2) is 8.75. The molecule has 0 saturated heterocycles. The van der Waals surface area contributed by atoms with Crippen LogP contribution in [0.1, 0.15) is 60.5 Å². The Morgan fingerprint density at radius 2 is 1.85 bits per heavy atom. The summed E-state index contributed by atoms with van der Waals surface area (Å²) in [6.07, 6.45) is 0.815. The van der Waals surface area contributed by atoms with Crippen LogP contribution in [0.4, 0.5) is 4.79 Å². The van der Waals surface area contributed by atoms with Crippen molar-refractivity contribution in [3.05, 3.63) is 29.8 Å². The van der Waals surface area contributed by atoms with E-state index >= 15 is 0 Å². The molecule has 1 atom stereocenters. The molecule has 0 spiro atoms. The number of rotatable bonds is 7. The van der Waals surface area contributed by atoms with Crippen LogP contribution in [0.5, 0.6) is 5.75 Å². The van der Waals surface area contributed by atoms with E-state index in [1.54, 1.807) is 36.9 Å². The Labute approximate surface area is 158 Å². The summed E-state index contributed by atoms with van der Waals surface area (Å²) in [6, 6.07) is 6.76. The Morgan fingerprint density at radius 1 is 1.23 bits per heavy atom. The minimum atomic E-state index is -3.65. The van der Waals surface area contributed by atoms with Gasteiger partial charge in [0.1, 0.15) is 5.75 Å². The zero-order valence-corrected chi connectivity index (χ0v) is 17.7. The van der Waals surface area contributed by atoms with Gasteiger partial charge in [0, 0.05) is 18.1 Å². The largest absolute Gasteiger partial charge is 0.382 e. The molecule has 0 aromatic heterocycles. The monoisotopic (exact) mass is 384 g/mol. The Balaban J connectivity index is 3.02. The second-order valence-electron chi connectivity index (χ2n) is 7.84. The summed E-state index contributed by atoms with van der Waals surface area (Å²) in [6.45, 7) is 13.3. The highest BCUT2D eigenvalue weighted by Gasteiger charge is 2.24. The minimum absolute atomic E-state index is 0.0429. The third-order valence-electron chi connectivity index (χ3n) is 3.91. The van der Waals surface area contributed by atoms with Crippen LogP contribution in [-0.4, -0.2) is 36.2 Å². The fourth-order valence-corrected chi connectivity index (χ4v) is 2.73. The molecule has 7 heteroatoms. The van der Waals surface area contributed by atoms with Crippen molar-refractivity contribution in [1.82, 2.24) is 10.2 Å². The minimum Gasteiger partial charge on any atom is -0.382 e. The van der Waals surface area contributed by atoms with Crippen molar-refractivity contribution < 1.29 is 17.4 Å². The van der Waals surface area contributed by atoms with E-state index in [1.165, 1.54) is 0 Å². The lowest BCUT2D eigenvalue weighted by Gasteiger charge is -2.32. The number of amides is 2. The topological polar surface area (TPSA) is 75.7 Å². The molecule has 1 unspecified atom stereocenters. The van der Waals surface area contributed by atoms with Gasteiger partial charge in [0.05, 0.1) is 5.25 Å². The van der Waals surface area contributed by atoms with Crippen LogP contribution in [0.3, 0.4) is 0 Å². The van der Waals surface area contributed by atoms with Crippen LogP contribution in [0.15, 0.2) is 24.3 Å². The highest BCUT2D eigenvalue weighted by atomic mass is 32.2. The van der Waals surface area contributed by atoms with Gasteiger partial charge in [0.25, 0.3) is 0 Å². The molecule has 0 fully saturated rings. The molecule has 148 valence electrons. The molecule has 0 aliphatic rings. The van der Waals surface area contributed by atoms with Crippen LogP contribution < -0.4 is 9.50 Å². The molecule has 0 heterocycles. The van der Waals surface area contributed by atoms with Gasteiger partial charge in [-0.3, -0.25) is 0 Å². The van der Waals surface area contributed by atoms with Gasteiger partial charge in [-0.05, 0) is 65.7 Å². The summed E-state index contributed by atoms with van der Waals surface area (Å²) in [5, 5.41) is 2.36. The van der Waals surface area contributed by atoms with Gasteiger partial charge in [0.2, 0.25) is 0 Å². The third-order valence-corrected chi connectivity index (χ3v) is 5.49. The molecule has 0 aliphatic heterocycles. The van der Waals surface area contributed by atoms with Gasteiger partial charge in [-0.1, -0.05) is 19.1 Å². The van der Waals surface area contributed by atoms with Gasteiger partial charge >= 0.3 is 16.1 Å².